The van der Waals surface area contributed by atoms with Gasteiger partial charge in [-0.25, -0.2) is 4.39 Å². The Balaban J connectivity index is 3.21. The van der Waals surface area contributed by atoms with Gasteiger partial charge in [0.1, 0.15) is 11.9 Å². The molecule has 60 valence electrons. The van der Waals surface area contributed by atoms with Crippen LogP contribution in [-0.2, 0) is 0 Å². The first-order valence-corrected chi connectivity index (χ1v) is 3.06. The zero-order valence-electron chi connectivity index (χ0n) is 5.87. The van der Waals surface area contributed by atoms with E-state index in [4.69, 9.17) is 5.26 Å². The van der Waals surface area contributed by atoms with Crippen LogP contribution in [0.25, 0.3) is 0 Å². The van der Waals surface area contributed by atoms with Crippen LogP contribution in [0.4, 0.5) is 4.39 Å². The summed E-state index contributed by atoms with van der Waals surface area (Å²) < 4.78 is 12.7. The Kier molecular flexibility index (Phi) is 2.06. The van der Waals surface area contributed by atoms with Crippen molar-refractivity contribution in [3.63, 3.8) is 0 Å². The Bertz CT molecular complexity index is 368. The second kappa shape index (κ2) is 3.01. The molecule has 0 aliphatic carbocycles. The molecular weight excluding hydrogens is 161 g/mol. The standard InChI is InChI=1S/C8H4FNO2/c9-7-3-5(8(11)12)1-2-6(7)4-10/h1-3H,(H,11,12)/p-1. The first kappa shape index (κ1) is 8.21. The molecule has 0 saturated heterocycles. The third kappa shape index (κ3) is 1.40. The van der Waals surface area contributed by atoms with Crippen molar-refractivity contribution < 1.29 is 14.3 Å². The maximum atomic E-state index is 12.7. The van der Waals surface area contributed by atoms with Crippen LogP contribution in [-0.4, -0.2) is 5.97 Å². The van der Waals surface area contributed by atoms with Gasteiger partial charge in [-0.1, -0.05) is 6.07 Å². The van der Waals surface area contributed by atoms with E-state index in [-0.39, 0.29) is 11.1 Å². The minimum absolute atomic E-state index is 0.181. The Morgan fingerprint density at radius 3 is 2.67 bits per heavy atom. The zero-order chi connectivity index (χ0) is 9.14. The molecule has 0 saturated carbocycles. The third-order valence-corrected chi connectivity index (χ3v) is 1.33. The van der Waals surface area contributed by atoms with Gasteiger partial charge in [0.2, 0.25) is 0 Å². The molecule has 0 aromatic heterocycles. The highest BCUT2D eigenvalue weighted by Crippen LogP contribution is 2.08. The number of hydrogen-bond acceptors (Lipinski definition) is 3. The fourth-order valence-electron chi connectivity index (χ4n) is 0.733. The number of rotatable bonds is 1. The molecule has 0 N–H and O–H groups in total. The number of nitriles is 1. The summed E-state index contributed by atoms with van der Waals surface area (Å²) in [4.78, 5) is 10.2. The van der Waals surface area contributed by atoms with Crippen LogP contribution in [0, 0.1) is 17.1 Å². The molecular formula is C8H3FNO2-. The molecule has 4 heteroatoms. The molecule has 1 rings (SSSR count). The number of carboxylic acid groups (broad SMARTS) is 1. The van der Waals surface area contributed by atoms with Crippen LogP contribution >= 0.6 is 0 Å². The second-order valence-corrected chi connectivity index (χ2v) is 2.09. The van der Waals surface area contributed by atoms with Gasteiger partial charge in [0, 0.05) is 5.56 Å². The Labute approximate surface area is 67.7 Å². The lowest BCUT2D eigenvalue weighted by atomic mass is 10.1. The SMILES string of the molecule is N#Cc1ccc(C(=O)[O-])cc1F. The first-order valence-electron chi connectivity index (χ1n) is 3.06. The maximum Gasteiger partial charge on any atom is 0.141 e. The summed E-state index contributed by atoms with van der Waals surface area (Å²) in [6.07, 6.45) is 0. The van der Waals surface area contributed by atoms with Crippen molar-refractivity contribution >= 4 is 5.97 Å². The van der Waals surface area contributed by atoms with Crippen molar-refractivity contribution in [1.82, 2.24) is 0 Å². The van der Waals surface area contributed by atoms with Crippen molar-refractivity contribution in [2.75, 3.05) is 0 Å². The van der Waals surface area contributed by atoms with Crippen LogP contribution in [0.3, 0.4) is 0 Å². The molecule has 1 aromatic rings. The highest BCUT2D eigenvalue weighted by molar-refractivity contribution is 5.85. The van der Waals surface area contributed by atoms with Gasteiger partial charge < -0.3 is 9.90 Å². The van der Waals surface area contributed by atoms with Crippen molar-refractivity contribution in [2.24, 2.45) is 0 Å². The van der Waals surface area contributed by atoms with Crippen LogP contribution < -0.4 is 5.11 Å². The number of carbonyl (C=O) groups excluding carboxylic acids is 1. The van der Waals surface area contributed by atoms with E-state index in [1.807, 2.05) is 0 Å². The van der Waals surface area contributed by atoms with E-state index < -0.39 is 11.8 Å². The first-order chi connectivity index (χ1) is 5.65. The monoisotopic (exact) mass is 164 g/mol. The average Bonchev–Trinajstić information content (AvgIpc) is 2.04. The molecule has 0 aliphatic heterocycles. The summed E-state index contributed by atoms with van der Waals surface area (Å²) in [6.45, 7) is 0. The molecule has 0 heterocycles. The van der Waals surface area contributed by atoms with E-state index in [1.165, 1.54) is 0 Å². The van der Waals surface area contributed by atoms with Gasteiger partial charge in [0.25, 0.3) is 0 Å². The van der Waals surface area contributed by atoms with E-state index in [0.29, 0.717) is 0 Å². The lowest BCUT2D eigenvalue weighted by Crippen LogP contribution is -2.22. The van der Waals surface area contributed by atoms with E-state index in [9.17, 15) is 14.3 Å². The van der Waals surface area contributed by atoms with Crippen LogP contribution in [0.1, 0.15) is 15.9 Å². The fraction of sp³-hybridized carbons (Fsp3) is 0. The van der Waals surface area contributed by atoms with Gasteiger partial charge in [-0.05, 0) is 12.1 Å². The largest absolute Gasteiger partial charge is 0.545 e. The minimum atomic E-state index is -1.46. The number of carbonyl (C=O) groups is 1. The quantitative estimate of drug-likeness (QED) is 0.589. The van der Waals surface area contributed by atoms with Crippen molar-refractivity contribution in [1.29, 1.82) is 5.26 Å². The topological polar surface area (TPSA) is 63.9 Å². The van der Waals surface area contributed by atoms with E-state index in [1.54, 1.807) is 6.07 Å². The van der Waals surface area contributed by atoms with E-state index in [2.05, 4.69) is 0 Å². The fourth-order valence-corrected chi connectivity index (χ4v) is 0.733. The molecule has 0 unspecified atom stereocenters. The van der Waals surface area contributed by atoms with Crippen molar-refractivity contribution in [3.8, 4) is 6.07 Å². The molecule has 0 amide bonds. The number of nitrogens with zero attached hydrogens (tertiary/aromatic N) is 1. The molecule has 3 nitrogen and oxygen atoms in total. The summed E-state index contributed by atoms with van der Waals surface area (Å²) in [7, 11) is 0. The minimum Gasteiger partial charge on any atom is -0.545 e. The average molecular weight is 164 g/mol. The number of aromatic carboxylic acids is 1. The molecule has 0 aliphatic rings. The molecule has 0 spiro atoms. The highest BCUT2D eigenvalue weighted by Gasteiger charge is 2.02. The van der Waals surface area contributed by atoms with Gasteiger partial charge in [0.05, 0.1) is 11.5 Å². The van der Waals surface area contributed by atoms with Gasteiger partial charge >= 0.3 is 0 Å². The molecule has 0 fully saturated rings. The van der Waals surface area contributed by atoms with Crippen LogP contribution in [0.15, 0.2) is 18.2 Å². The predicted molar refractivity (Wildman–Crippen MR) is 35.4 cm³/mol. The van der Waals surface area contributed by atoms with Crippen molar-refractivity contribution in [2.45, 2.75) is 0 Å². The molecule has 0 bridgehead atoms. The van der Waals surface area contributed by atoms with Gasteiger partial charge in [-0.2, -0.15) is 5.26 Å². The number of benzene rings is 1. The number of hydrogen-bond donors (Lipinski definition) is 0. The van der Waals surface area contributed by atoms with Gasteiger partial charge in [-0.3, -0.25) is 0 Å². The maximum absolute atomic E-state index is 12.7. The lowest BCUT2D eigenvalue weighted by molar-refractivity contribution is -0.255. The highest BCUT2D eigenvalue weighted by atomic mass is 19.1. The normalized spacial score (nSPS) is 9.00. The molecule has 1 aromatic carbocycles. The number of halogens is 1. The summed E-state index contributed by atoms with van der Waals surface area (Å²) in [5.74, 6) is -2.31. The summed E-state index contributed by atoms with van der Waals surface area (Å²) in [6, 6.07) is 4.55. The molecule has 12 heavy (non-hydrogen) atoms. The molecule has 0 radical (unpaired) electrons. The number of carboxylic acids is 1. The molecule has 0 atom stereocenters. The van der Waals surface area contributed by atoms with Crippen LogP contribution in [0.5, 0.6) is 0 Å². The summed E-state index contributed by atoms with van der Waals surface area (Å²) >= 11 is 0. The van der Waals surface area contributed by atoms with Gasteiger partial charge in [-0.15, -0.1) is 0 Å². The van der Waals surface area contributed by atoms with Crippen molar-refractivity contribution in [3.05, 3.63) is 35.1 Å². The third-order valence-electron chi connectivity index (χ3n) is 1.33. The lowest BCUT2D eigenvalue weighted by Gasteiger charge is -2.01. The van der Waals surface area contributed by atoms with Crippen LogP contribution in [0.2, 0.25) is 0 Å². The van der Waals surface area contributed by atoms with E-state index in [0.717, 1.165) is 18.2 Å². The summed E-state index contributed by atoms with van der Waals surface area (Å²) in [5.41, 5.74) is -0.452. The Hall–Kier alpha value is -1.89. The Morgan fingerprint density at radius 1 is 1.58 bits per heavy atom. The van der Waals surface area contributed by atoms with E-state index >= 15 is 0 Å². The smallest absolute Gasteiger partial charge is 0.141 e. The zero-order valence-corrected chi connectivity index (χ0v) is 5.87. The van der Waals surface area contributed by atoms with Gasteiger partial charge in [0.15, 0.2) is 0 Å². The predicted octanol–water partition coefficient (Wildman–Crippen LogP) is 0.0609. The Morgan fingerprint density at radius 2 is 2.25 bits per heavy atom. The second-order valence-electron chi connectivity index (χ2n) is 2.09. The summed E-state index contributed by atoms with van der Waals surface area (Å²) in [5, 5.41) is 18.5.